The molecule has 5 heteroatoms. The van der Waals surface area contributed by atoms with Crippen LogP contribution in [0.2, 0.25) is 0 Å². The molecular formula is C23H36N2O3. The maximum atomic E-state index is 12.9. The third kappa shape index (κ3) is 5.71. The van der Waals surface area contributed by atoms with Gasteiger partial charge in [0.25, 0.3) is 5.91 Å². The van der Waals surface area contributed by atoms with Gasteiger partial charge < -0.3 is 14.4 Å². The normalized spacial score (nSPS) is 21.2. The highest BCUT2D eigenvalue weighted by atomic mass is 16.5. The molecule has 2 aliphatic heterocycles. The van der Waals surface area contributed by atoms with E-state index in [2.05, 4.69) is 35.8 Å². The Morgan fingerprint density at radius 1 is 1.25 bits per heavy atom. The first-order valence-electron chi connectivity index (χ1n) is 10.8. The van der Waals surface area contributed by atoms with Crippen LogP contribution in [0, 0.1) is 11.8 Å². The molecule has 1 aromatic carbocycles. The fourth-order valence-electron chi connectivity index (χ4n) is 4.38. The Balaban J connectivity index is 1.51. The number of amides is 1. The van der Waals surface area contributed by atoms with Crippen LogP contribution in [-0.2, 0) is 16.1 Å². The van der Waals surface area contributed by atoms with Gasteiger partial charge in [-0.05, 0) is 56.7 Å². The van der Waals surface area contributed by atoms with E-state index in [1.165, 1.54) is 5.56 Å². The predicted molar refractivity (Wildman–Crippen MR) is 111 cm³/mol. The third-order valence-electron chi connectivity index (χ3n) is 5.87. The van der Waals surface area contributed by atoms with Crippen molar-refractivity contribution >= 4 is 5.91 Å². The molecule has 28 heavy (non-hydrogen) atoms. The summed E-state index contributed by atoms with van der Waals surface area (Å²) < 4.78 is 11.2. The summed E-state index contributed by atoms with van der Waals surface area (Å²) in [5.74, 6) is 2.24. The second kappa shape index (κ2) is 10.3. The topological polar surface area (TPSA) is 42.0 Å². The summed E-state index contributed by atoms with van der Waals surface area (Å²) in [6.45, 7) is 9.89. The smallest absolute Gasteiger partial charge is 0.251 e. The van der Waals surface area contributed by atoms with E-state index in [0.29, 0.717) is 11.8 Å². The van der Waals surface area contributed by atoms with Crippen LogP contribution in [0.5, 0.6) is 5.75 Å². The monoisotopic (exact) mass is 388 g/mol. The lowest BCUT2D eigenvalue weighted by Crippen LogP contribution is -2.45. The molecule has 2 aliphatic rings. The summed E-state index contributed by atoms with van der Waals surface area (Å²) >= 11 is 0. The molecule has 0 aromatic heterocycles. The predicted octanol–water partition coefficient (Wildman–Crippen LogP) is 3.57. The number of carbonyl (C=O) groups is 1. The van der Waals surface area contributed by atoms with Crippen LogP contribution in [0.15, 0.2) is 24.3 Å². The lowest BCUT2D eigenvalue weighted by atomic mass is 9.95. The molecule has 0 saturated carbocycles. The van der Waals surface area contributed by atoms with Crippen molar-refractivity contribution in [3.05, 3.63) is 29.8 Å². The zero-order chi connectivity index (χ0) is 19.9. The van der Waals surface area contributed by atoms with E-state index in [1.807, 2.05) is 12.1 Å². The largest absolute Gasteiger partial charge is 0.496 e. The lowest BCUT2D eigenvalue weighted by Gasteiger charge is -2.36. The van der Waals surface area contributed by atoms with E-state index in [-0.39, 0.29) is 12.0 Å². The molecule has 0 radical (unpaired) electrons. The highest BCUT2D eigenvalue weighted by molar-refractivity contribution is 5.81. The maximum Gasteiger partial charge on any atom is 0.251 e. The van der Waals surface area contributed by atoms with Crippen LogP contribution in [0.3, 0.4) is 0 Å². The van der Waals surface area contributed by atoms with E-state index in [1.54, 1.807) is 7.11 Å². The molecule has 0 aliphatic carbocycles. The van der Waals surface area contributed by atoms with Crippen LogP contribution in [-0.4, -0.2) is 61.7 Å². The minimum Gasteiger partial charge on any atom is -0.496 e. The summed E-state index contributed by atoms with van der Waals surface area (Å²) in [5.41, 5.74) is 1.25. The number of likely N-dealkylation sites (tertiary alicyclic amines) is 1. The first-order chi connectivity index (χ1) is 13.6. The number of carbonyl (C=O) groups excluding carboxylic acids is 1. The summed E-state index contributed by atoms with van der Waals surface area (Å²) in [6, 6.07) is 8.27. The first-order valence-corrected chi connectivity index (χ1v) is 10.8. The summed E-state index contributed by atoms with van der Waals surface area (Å²) in [7, 11) is 1.74. The fourth-order valence-corrected chi connectivity index (χ4v) is 4.38. The van der Waals surface area contributed by atoms with Gasteiger partial charge in [0.15, 0.2) is 0 Å². The zero-order valence-electron chi connectivity index (χ0n) is 17.7. The van der Waals surface area contributed by atoms with Crippen molar-refractivity contribution in [2.75, 3.05) is 39.9 Å². The van der Waals surface area contributed by atoms with Gasteiger partial charge in [0.05, 0.1) is 7.11 Å². The van der Waals surface area contributed by atoms with Gasteiger partial charge >= 0.3 is 0 Å². The molecule has 2 fully saturated rings. The Morgan fingerprint density at radius 2 is 2.00 bits per heavy atom. The van der Waals surface area contributed by atoms with Gasteiger partial charge in [-0.1, -0.05) is 32.0 Å². The van der Waals surface area contributed by atoms with Crippen molar-refractivity contribution in [2.45, 2.75) is 52.2 Å². The number of para-hydroxylation sites is 1. The number of ether oxygens (including phenoxy) is 2. The minimum absolute atomic E-state index is 0.204. The molecular weight excluding hydrogens is 352 g/mol. The van der Waals surface area contributed by atoms with Crippen molar-refractivity contribution in [3.8, 4) is 5.75 Å². The molecule has 156 valence electrons. The molecule has 3 rings (SSSR count). The molecule has 2 heterocycles. The molecule has 1 aromatic rings. The molecule has 0 spiro atoms. The number of benzene rings is 1. The summed E-state index contributed by atoms with van der Waals surface area (Å²) in [5, 5.41) is 0. The second-order valence-electron chi connectivity index (χ2n) is 8.67. The zero-order valence-corrected chi connectivity index (χ0v) is 17.7. The van der Waals surface area contributed by atoms with Crippen molar-refractivity contribution < 1.29 is 14.3 Å². The Bertz CT molecular complexity index is 620. The van der Waals surface area contributed by atoms with E-state index in [0.717, 1.165) is 70.8 Å². The molecule has 1 atom stereocenters. The Kier molecular flexibility index (Phi) is 7.74. The highest BCUT2D eigenvalue weighted by Gasteiger charge is 2.31. The van der Waals surface area contributed by atoms with Gasteiger partial charge in [0.1, 0.15) is 11.9 Å². The number of hydrogen-bond donors (Lipinski definition) is 0. The molecule has 2 saturated heterocycles. The first kappa shape index (κ1) is 21.1. The van der Waals surface area contributed by atoms with E-state index >= 15 is 0 Å². The van der Waals surface area contributed by atoms with Crippen molar-refractivity contribution in [1.29, 1.82) is 0 Å². The SMILES string of the molecule is COc1ccccc1CN1CCC(CN(CC(C)C)C(=O)C2CCCO2)CC1. The van der Waals surface area contributed by atoms with E-state index in [4.69, 9.17) is 9.47 Å². The number of methoxy groups -OCH3 is 1. The van der Waals surface area contributed by atoms with Crippen LogP contribution in [0.25, 0.3) is 0 Å². The Hall–Kier alpha value is -1.59. The van der Waals surface area contributed by atoms with Gasteiger partial charge in [-0.15, -0.1) is 0 Å². The molecule has 1 amide bonds. The lowest BCUT2D eigenvalue weighted by molar-refractivity contribution is -0.142. The number of nitrogens with zero attached hydrogens (tertiary/aromatic N) is 2. The van der Waals surface area contributed by atoms with Gasteiger partial charge in [0, 0.05) is 31.8 Å². The highest BCUT2D eigenvalue weighted by Crippen LogP contribution is 2.25. The quantitative estimate of drug-likeness (QED) is 0.683. The average Bonchev–Trinajstić information content (AvgIpc) is 3.23. The standard InChI is InChI=1S/C23H36N2O3/c1-18(2)15-25(23(26)22-9-6-14-28-22)16-19-10-12-24(13-11-19)17-20-7-4-5-8-21(20)27-3/h4-5,7-8,18-19,22H,6,9-17H2,1-3H3. The van der Waals surface area contributed by atoms with E-state index in [9.17, 15) is 4.79 Å². The van der Waals surface area contributed by atoms with Crippen molar-refractivity contribution in [2.24, 2.45) is 11.8 Å². The summed E-state index contributed by atoms with van der Waals surface area (Å²) in [6.07, 6.45) is 3.97. The van der Waals surface area contributed by atoms with Gasteiger partial charge in [0.2, 0.25) is 0 Å². The third-order valence-corrected chi connectivity index (χ3v) is 5.87. The molecule has 0 N–H and O–H groups in total. The average molecular weight is 389 g/mol. The van der Waals surface area contributed by atoms with Crippen LogP contribution in [0.4, 0.5) is 0 Å². The van der Waals surface area contributed by atoms with E-state index < -0.39 is 0 Å². The maximum absolute atomic E-state index is 12.9. The second-order valence-corrected chi connectivity index (χ2v) is 8.67. The number of piperidine rings is 1. The summed E-state index contributed by atoms with van der Waals surface area (Å²) in [4.78, 5) is 17.5. The van der Waals surface area contributed by atoms with Crippen LogP contribution >= 0.6 is 0 Å². The molecule has 5 nitrogen and oxygen atoms in total. The fraction of sp³-hybridized carbons (Fsp3) is 0.696. The van der Waals surface area contributed by atoms with Gasteiger partial charge in [-0.25, -0.2) is 0 Å². The van der Waals surface area contributed by atoms with Gasteiger partial charge in [-0.2, -0.15) is 0 Å². The van der Waals surface area contributed by atoms with Crippen molar-refractivity contribution in [3.63, 3.8) is 0 Å². The molecule has 0 bridgehead atoms. The number of hydrogen-bond acceptors (Lipinski definition) is 4. The van der Waals surface area contributed by atoms with Gasteiger partial charge in [-0.3, -0.25) is 9.69 Å². The molecule has 1 unspecified atom stereocenters. The Labute approximate surface area is 170 Å². The van der Waals surface area contributed by atoms with Crippen molar-refractivity contribution in [1.82, 2.24) is 9.80 Å². The van der Waals surface area contributed by atoms with Crippen LogP contribution in [0.1, 0.15) is 45.1 Å². The number of rotatable bonds is 8. The Morgan fingerprint density at radius 3 is 2.64 bits per heavy atom. The minimum atomic E-state index is -0.204. The van der Waals surface area contributed by atoms with Crippen LogP contribution < -0.4 is 4.74 Å².